The van der Waals surface area contributed by atoms with Crippen molar-refractivity contribution >= 4 is 11.4 Å². The Morgan fingerprint density at radius 2 is 2.06 bits per heavy atom. The van der Waals surface area contributed by atoms with Gasteiger partial charge in [-0.2, -0.15) is 0 Å². The summed E-state index contributed by atoms with van der Waals surface area (Å²) in [5.74, 6) is 0. The van der Waals surface area contributed by atoms with Gasteiger partial charge < -0.3 is 5.32 Å². The first kappa shape index (κ1) is 13.5. The standard InChI is InChI=1S/C13H20N2O2/c1-5-12(13(2,3)4)14-10-7-6-8-11(9-10)15(16)17/h6-9,12,14H,5H2,1-4H3. The van der Waals surface area contributed by atoms with Gasteiger partial charge in [-0.15, -0.1) is 0 Å². The molecule has 1 atom stereocenters. The lowest BCUT2D eigenvalue weighted by Crippen LogP contribution is -2.33. The molecule has 4 heteroatoms. The zero-order valence-corrected chi connectivity index (χ0v) is 10.9. The Labute approximate surface area is 102 Å². The summed E-state index contributed by atoms with van der Waals surface area (Å²) in [5, 5.41) is 14.0. The van der Waals surface area contributed by atoms with Crippen LogP contribution in [0, 0.1) is 15.5 Å². The molecule has 1 N–H and O–H groups in total. The molecule has 1 aromatic rings. The number of anilines is 1. The second kappa shape index (κ2) is 5.17. The van der Waals surface area contributed by atoms with Gasteiger partial charge in [0.2, 0.25) is 0 Å². The highest BCUT2D eigenvalue weighted by Crippen LogP contribution is 2.26. The fraction of sp³-hybridized carbons (Fsp3) is 0.538. The predicted octanol–water partition coefficient (Wildman–Crippen LogP) is 3.83. The molecular weight excluding hydrogens is 216 g/mol. The van der Waals surface area contributed by atoms with Crippen molar-refractivity contribution in [2.45, 2.75) is 40.2 Å². The number of nitrogens with zero attached hydrogens (tertiary/aromatic N) is 1. The second-order valence-electron chi connectivity index (χ2n) is 5.28. The lowest BCUT2D eigenvalue weighted by Gasteiger charge is -2.31. The molecule has 94 valence electrons. The van der Waals surface area contributed by atoms with Crippen molar-refractivity contribution in [3.05, 3.63) is 34.4 Å². The zero-order chi connectivity index (χ0) is 13.1. The van der Waals surface area contributed by atoms with Gasteiger partial charge in [-0.25, -0.2) is 0 Å². The third-order valence-electron chi connectivity index (χ3n) is 2.85. The fourth-order valence-electron chi connectivity index (χ4n) is 1.84. The van der Waals surface area contributed by atoms with Gasteiger partial charge in [0.25, 0.3) is 5.69 Å². The molecule has 0 bridgehead atoms. The van der Waals surface area contributed by atoms with Gasteiger partial charge >= 0.3 is 0 Å². The van der Waals surface area contributed by atoms with Crippen molar-refractivity contribution < 1.29 is 4.92 Å². The maximum absolute atomic E-state index is 10.7. The number of rotatable bonds is 4. The Bertz CT molecular complexity index is 397. The van der Waals surface area contributed by atoms with Gasteiger partial charge in [-0.3, -0.25) is 10.1 Å². The smallest absolute Gasteiger partial charge is 0.271 e. The van der Waals surface area contributed by atoms with Crippen LogP contribution in [0.4, 0.5) is 11.4 Å². The number of nitro groups is 1. The molecule has 0 amide bonds. The summed E-state index contributed by atoms with van der Waals surface area (Å²) < 4.78 is 0. The highest BCUT2D eigenvalue weighted by molar-refractivity contribution is 5.51. The summed E-state index contributed by atoms with van der Waals surface area (Å²) in [6, 6.07) is 6.94. The van der Waals surface area contributed by atoms with Crippen molar-refractivity contribution in [2.75, 3.05) is 5.32 Å². The van der Waals surface area contributed by atoms with E-state index in [2.05, 4.69) is 33.0 Å². The number of nitro benzene ring substituents is 1. The Morgan fingerprint density at radius 1 is 1.41 bits per heavy atom. The van der Waals surface area contributed by atoms with Crippen molar-refractivity contribution in [3.63, 3.8) is 0 Å². The number of nitrogens with one attached hydrogen (secondary N) is 1. The van der Waals surface area contributed by atoms with E-state index in [0.717, 1.165) is 12.1 Å². The Morgan fingerprint density at radius 3 is 2.53 bits per heavy atom. The molecular formula is C13H20N2O2. The van der Waals surface area contributed by atoms with Crippen LogP contribution in [0.15, 0.2) is 24.3 Å². The largest absolute Gasteiger partial charge is 0.382 e. The highest BCUT2D eigenvalue weighted by atomic mass is 16.6. The third-order valence-corrected chi connectivity index (χ3v) is 2.85. The van der Waals surface area contributed by atoms with Gasteiger partial charge in [0.05, 0.1) is 4.92 Å². The molecule has 17 heavy (non-hydrogen) atoms. The van der Waals surface area contributed by atoms with Crippen LogP contribution in [-0.2, 0) is 0 Å². The molecule has 1 aromatic carbocycles. The van der Waals surface area contributed by atoms with Crippen LogP contribution in [0.1, 0.15) is 34.1 Å². The molecule has 0 radical (unpaired) electrons. The van der Waals surface area contributed by atoms with Crippen LogP contribution < -0.4 is 5.32 Å². The molecule has 0 heterocycles. The molecule has 0 aliphatic carbocycles. The van der Waals surface area contributed by atoms with E-state index in [1.54, 1.807) is 12.1 Å². The number of hydrogen-bond acceptors (Lipinski definition) is 3. The summed E-state index contributed by atoms with van der Waals surface area (Å²) in [6.07, 6.45) is 0.978. The number of non-ortho nitro benzene ring substituents is 1. The van der Waals surface area contributed by atoms with E-state index < -0.39 is 0 Å². The van der Waals surface area contributed by atoms with Gasteiger partial charge in [0, 0.05) is 23.9 Å². The molecule has 0 saturated heterocycles. The second-order valence-corrected chi connectivity index (χ2v) is 5.28. The van der Waals surface area contributed by atoms with Crippen LogP contribution in [-0.4, -0.2) is 11.0 Å². The maximum Gasteiger partial charge on any atom is 0.271 e. The zero-order valence-electron chi connectivity index (χ0n) is 10.9. The summed E-state index contributed by atoms with van der Waals surface area (Å²) in [5.41, 5.74) is 1.05. The average molecular weight is 236 g/mol. The van der Waals surface area contributed by atoms with Crippen molar-refractivity contribution in [3.8, 4) is 0 Å². The molecule has 4 nitrogen and oxygen atoms in total. The van der Waals surface area contributed by atoms with Crippen LogP contribution in [0.2, 0.25) is 0 Å². The molecule has 0 spiro atoms. The first-order chi connectivity index (χ1) is 7.84. The first-order valence-corrected chi connectivity index (χ1v) is 5.85. The summed E-state index contributed by atoms with van der Waals surface area (Å²) in [6.45, 7) is 8.59. The van der Waals surface area contributed by atoms with E-state index in [0.29, 0.717) is 6.04 Å². The summed E-state index contributed by atoms with van der Waals surface area (Å²) >= 11 is 0. The van der Waals surface area contributed by atoms with Crippen molar-refractivity contribution in [1.29, 1.82) is 0 Å². The fourth-order valence-corrected chi connectivity index (χ4v) is 1.84. The normalized spacial score (nSPS) is 13.2. The van der Waals surface area contributed by atoms with Crippen LogP contribution in [0.5, 0.6) is 0 Å². The lowest BCUT2D eigenvalue weighted by atomic mass is 9.85. The van der Waals surface area contributed by atoms with E-state index >= 15 is 0 Å². The SMILES string of the molecule is CCC(Nc1cccc([N+](=O)[O-])c1)C(C)(C)C. The molecule has 0 aromatic heterocycles. The average Bonchev–Trinajstić information content (AvgIpc) is 2.24. The first-order valence-electron chi connectivity index (χ1n) is 5.85. The van der Waals surface area contributed by atoms with Crippen molar-refractivity contribution in [1.82, 2.24) is 0 Å². The highest BCUT2D eigenvalue weighted by Gasteiger charge is 2.22. The minimum Gasteiger partial charge on any atom is -0.382 e. The number of hydrogen-bond donors (Lipinski definition) is 1. The molecule has 0 aliphatic heterocycles. The molecule has 0 saturated carbocycles. The van der Waals surface area contributed by atoms with Gasteiger partial charge in [0.15, 0.2) is 0 Å². The van der Waals surface area contributed by atoms with E-state index in [4.69, 9.17) is 0 Å². The third kappa shape index (κ3) is 3.73. The maximum atomic E-state index is 10.7. The van der Waals surface area contributed by atoms with E-state index in [1.165, 1.54) is 6.07 Å². The van der Waals surface area contributed by atoms with Gasteiger partial charge in [0.1, 0.15) is 0 Å². The van der Waals surface area contributed by atoms with E-state index in [9.17, 15) is 10.1 Å². The van der Waals surface area contributed by atoms with Crippen molar-refractivity contribution in [2.24, 2.45) is 5.41 Å². The van der Waals surface area contributed by atoms with Gasteiger partial charge in [-0.1, -0.05) is 33.8 Å². The van der Waals surface area contributed by atoms with Crippen LogP contribution in [0.3, 0.4) is 0 Å². The van der Waals surface area contributed by atoms with E-state index in [-0.39, 0.29) is 16.0 Å². The topological polar surface area (TPSA) is 55.2 Å². The minimum atomic E-state index is -0.372. The van der Waals surface area contributed by atoms with Crippen LogP contribution >= 0.6 is 0 Å². The Balaban J connectivity index is 2.87. The quantitative estimate of drug-likeness (QED) is 0.638. The lowest BCUT2D eigenvalue weighted by molar-refractivity contribution is -0.384. The number of benzene rings is 1. The Kier molecular flexibility index (Phi) is 4.10. The molecule has 0 fully saturated rings. The minimum absolute atomic E-state index is 0.124. The molecule has 0 aliphatic rings. The summed E-state index contributed by atoms with van der Waals surface area (Å²) in [7, 11) is 0. The summed E-state index contributed by atoms with van der Waals surface area (Å²) in [4.78, 5) is 10.3. The Hall–Kier alpha value is -1.58. The van der Waals surface area contributed by atoms with E-state index in [1.807, 2.05) is 6.07 Å². The van der Waals surface area contributed by atoms with Crippen LogP contribution in [0.25, 0.3) is 0 Å². The molecule has 1 unspecified atom stereocenters. The monoisotopic (exact) mass is 236 g/mol. The molecule has 1 rings (SSSR count). The predicted molar refractivity (Wildman–Crippen MR) is 70.3 cm³/mol. The van der Waals surface area contributed by atoms with Gasteiger partial charge in [-0.05, 0) is 17.9 Å².